The second-order valence-electron chi connectivity index (χ2n) is 3.23. The maximum Gasteiger partial charge on any atom is 0.421 e. The Morgan fingerprint density at radius 3 is 2.92 bits per heavy atom. The van der Waals surface area contributed by atoms with Crippen LogP contribution >= 0.6 is 0 Å². The molecule has 1 rings (SSSR count). The summed E-state index contributed by atoms with van der Waals surface area (Å²) in [7, 11) is 0. The molecule has 12 heavy (non-hydrogen) atoms. The molecule has 2 atom stereocenters. The number of hydrogen-bond acceptors (Lipinski definition) is 3. The summed E-state index contributed by atoms with van der Waals surface area (Å²) in [5.74, 6) is 5.72. The summed E-state index contributed by atoms with van der Waals surface area (Å²) in [5, 5.41) is 12.6. The number of nitrogens with one attached hydrogen (secondary N) is 1. The van der Waals surface area contributed by atoms with Gasteiger partial charge in [-0.25, -0.2) is 15.6 Å². The molecule has 0 bridgehead atoms. The minimum absolute atomic E-state index is 0.0868. The molecule has 1 amide bonds. The predicted octanol–water partition coefficient (Wildman–Crippen LogP) is -0.162. The average Bonchev–Trinajstić information content (AvgIpc) is 2.04. The van der Waals surface area contributed by atoms with Gasteiger partial charge in [-0.2, -0.15) is 0 Å². The van der Waals surface area contributed by atoms with Crippen LogP contribution in [0.5, 0.6) is 0 Å². The summed E-state index contributed by atoms with van der Waals surface area (Å²) in [6, 6.07) is -0.0868. The number of rotatable bonds is 1. The van der Waals surface area contributed by atoms with Crippen molar-refractivity contribution < 1.29 is 9.90 Å². The SMILES string of the molecule is CC1CCNCC1N(N)C(=O)O. The van der Waals surface area contributed by atoms with Gasteiger partial charge in [0.2, 0.25) is 0 Å². The predicted molar refractivity (Wildman–Crippen MR) is 44.5 cm³/mol. The second-order valence-corrected chi connectivity index (χ2v) is 3.23. The molecular formula is C7H15N3O2. The van der Waals surface area contributed by atoms with Gasteiger partial charge < -0.3 is 10.4 Å². The molecule has 1 heterocycles. The number of amides is 1. The lowest BCUT2D eigenvalue weighted by Crippen LogP contribution is -2.55. The second kappa shape index (κ2) is 3.73. The van der Waals surface area contributed by atoms with Gasteiger partial charge in [0.1, 0.15) is 0 Å². The zero-order valence-corrected chi connectivity index (χ0v) is 7.16. The van der Waals surface area contributed by atoms with Crippen molar-refractivity contribution in [3.63, 3.8) is 0 Å². The Morgan fingerprint density at radius 2 is 2.42 bits per heavy atom. The van der Waals surface area contributed by atoms with Crippen molar-refractivity contribution >= 4 is 6.09 Å². The highest BCUT2D eigenvalue weighted by molar-refractivity contribution is 5.64. The van der Waals surface area contributed by atoms with Gasteiger partial charge in [0.15, 0.2) is 0 Å². The molecule has 1 aliphatic rings. The van der Waals surface area contributed by atoms with E-state index in [4.69, 9.17) is 10.9 Å². The number of hydrazine groups is 1. The van der Waals surface area contributed by atoms with Gasteiger partial charge >= 0.3 is 6.09 Å². The summed E-state index contributed by atoms with van der Waals surface area (Å²) >= 11 is 0. The third-order valence-electron chi connectivity index (χ3n) is 2.36. The molecule has 0 radical (unpaired) electrons. The highest BCUT2D eigenvalue weighted by Gasteiger charge is 2.28. The third-order valence-corrected chi connectivity index (χ3v) is 2.36. The summed E-state index contributed by atoms with van der Waals surface area (Å²) in [4.78, 5) is 10.5. The van der Waals surface area contributed by atoms with Crippen LogP contribution in [0.3, 0.4) is 0 Å². The minimum Gasteiger partial charge on any atom is -0.464 e. The zero-order valence-electron chi connectivity index (χ0n) is 7.16. The molecule has 5 nitrogen and oxygen atoms in total. The molecular weight excluding hydrogens is 158 g/mol. The number of nitrogens with two attached hydrogens (primary N) is 1. The maximum atomic E-state index is 10.5. The molecule has 5 heteroatoms. The summed E-state index contributed by atoms with van der Waals surface area (Å²) in [5.41, 5.74) is 0. The van der Waals surface area contributed by atoms with E-state index in [2.05, 4.69) is 5.32 Å². The number of carbonyl (C=O) groups is 1. The van der Waals surface area contributed by atoms with Crippen LogP contribution < -0.4 is 11.2 Å². The number of nitrogens with zero attached hydrogens (tertiary/aromatic N) is 1. The molecule has 1 saturated heterocycles. The lowest BCUT2D eigenvalue weighted by Gasteiger charge is -2.34. The monoisotopic (exact) mass is 173 g/mol. The fourth-order valence-electron chi connectivity index (χ4n) is 1.49. The minimum atomic E-state index is -1.06. The van der Waals surface area contributed by atoms with Crippen molar-refractivity contribution in [1.29, 1.82) is 0 Å². The van der Waals surface area contributed by atoms with E-state index in [1.807, 2.05) is 6.92 Å². The van der Waals surface area contributed by atoms with Gasteiger partial charge in [-0.1, -0.05) is 6.92 Å². The molecule has 0 spiro atoms. The van der Waals surface area contributed by atoms with Crippen LogP contribution in [-0.4, -0.2) is 35.3 Å². The van der Waals surface area contributed by atoms with Crippen LogP contribution in [0.1, 0.15) is 13.3 Å². The molecule has 70 valence electrons. The molecule has 4 N–H and O–H groups in total. The van der Waals surface area contributed by atoms with Gasteiger partial charge in [0.25, 0.3) is 0 Å². The summed E-state index contributed by atoms with van der Waals surface area (Å²) in [6.07, 6.45) is -0.0819. The highest BCUT2D eigenvalue weighted by Crippen LogP contribution is 2.14. The quantitative estimate of drug-likeness (QED) is 0.292. The van der Waals surface area contributed by atoms with Crippen molar-refractivity contribution in [3.8, 4) is 0 Å². The molecule has 0 aliphatic carbocycles. The van der Waals surface area contributed by atoms with Crippen LogP contribution in [0, 0.1) is 5.92 Å². The van der Waals surface area contributed by atoms with Crippen molar-refractivity contribution in [2.45, 2.75) is 19.4 Å². The fraction of sp³-hybridized carbons (Fsp3) is 0.857. The fourth-order valence-corrected chi connectivity index (χ4v) is 1.49. The van der Waals surface area contributed by atoms with Crippen LogP contribution in [0.4, 0.5) is 4.79 Å². The molecule has 0 aromatic carbocycles. The van der Waals surface area contributed by atoms with Crippen LogP contribution in [0.2, 0.25) is 0 Å². The van der Waals surface area contributed by atoms with E-state index in [-0.39, 0.29) is 6.04 Å². The molecule has 1 aliphatic heterocycles. The molecule has 0 aromatic rings. The van der Waals surface area contributed by atoms with Gasteiger partial charge in [-0.05, 0) is 18.9 Å². The first-order chi connectivity index (χ1) is 5.63. The first kappa shape index (κ1) is 9.28. The topological polar surface area (TPSA) is 78.6 Å². The van der Waals surface area contributed by atoms with E-state index in [0.29, 0.717) is 12.5 Å². The lowest BCUT2D eigenvalue weighted by atomic mass is 9.94. The van der Waals surface area contributed by atoms with Crippen molar-refractivity contribution in [3.05, 3.63) is 0 Å². The Labute approximate surface area is 71.5 Å². The Balaban J connectivity index is 2.53. The van der Waals surface area contributed by atoms with E-state index in [1.165, 1.54) is 0 Å². The molecule has 1 fully saturated rings. The van der Waals surface area contributed by atoms with Gasteiger partial charge in [-0.3, -0.25) is 0 Å². The lowest BCUT2D eigenvalue weighted by molar-refractivity contribution is 0.0961. The standard InChI is InChI=1S/C7H15N3O2/c1-5-2-3-9-4-6(5)10(8)7(11)12/h5-6,9H,2-4,8H2,1H3,(H,11,12). The van der Waals surface area contributed by atoms with Gasteiger partial charge in [0, 0.05) is 6.54 Å². The first-order valence-electron chi connectivity index (χ1n) is 4.10. The van der Waals surface area contributed by atoms with E-state index < -0.39 is 6.09 Å². The number of carboxylic acid groups (broad SMARTS) is 1. The van der Waals surface area contributed by atoms with Crippen molar-refractivity contribution in [1.82, 2.24) is 10.3 Å². The summed E-state index contributed by atoms with van der Waals surface area (Å²) < 4.78 is 0. The Kier molecular flexibility index (Phi) is 2.88. The largest absolute Gasteiger partial charge is 0.464 e. The van der Waals surface area contributed by atoms with Crippen molar-refractivity contribution in [2.24, 2.45) is 11.8 Å². The Bertz CT molecular complexity index is 174. The summed E-state index contributed by atoms with van der Waals surface area (Å²) in [6.45, 7) is 3.63. The smallest absolute Gasteiger partial charge is 0.421 e. The van der Waals surface area contributed by atoms with E-state index in [9.17, 15) is 4.79 Å². The molecule has 0 saturated carbocycles. The first-order valence-corrected chi connectivity index (χ1v) is 4.10. The van der Waals surface area contributed by atoms with Crippen LogP contribution in [-0.2, 0) is 0 Å². The zero-order chi connectivity index (χ0) is 9.14. The normalized spacial score (nSPS) is 29.8. The van der Waals surface area contributed by atoms with Crippen molar-refractivity contribution in [2.75, 3.05) is 13.1 Å². The van der Waals surface area contributed by atoms with E-state index in [1.54, 1.807) is 0 Å². The number of hydrogen-bond donors (Lipinski definition) is 3. The van der Waals surface area contributed by atoms with Gasteiger partial charge in [-0.15, -0.1) is 0 Å². The Morgan fingerprint density at radius 1 is 1.75 bits per heavy atom. The van der Waals surface area contributed by atoms with Crippen LogP contribution in [0.15, 0.2) is 0 Å². The third kappa shape index (κ3) is 1.86. The molecule has 0 aromatic heterocycles. The average molecular weight is 173 g/mol. The number of piperidine rings is 1. The van der Waals surface area contributed by atoms with E-state index in [0.717, 1.165) is 18.0 Å². The highest BCUT2D eigenvalue weighted by atomic mass is 16.4. The van der Waals surface area contributed by atoms with E-state index >= 15 is 0 Å². The van der Waals surface area contributed by atoms with Gasteiger partial charge in [0.05, 0.1) is 6.04 Å². The maximum absolute atomic E-state index is 10.5. The Hall–Kier alpha value is -0.810. The van der Waals surface area contributed by atoms with Crippen LogP contribution in [0.25, 0.3) is 0 Å². The molecule has 2 unspecified atom stereocenters.